The number of carbonyl (C=O) groups is 2. The quantitative estimate of drug-likeness (QED) is 0.831. The lowest BCUT2D eigenvalue weighted by Gasteiger charge is -2.46. The second kappa shape index (κ2) is 7.12. The van der Waals surface area contributed by atoms with Crippen molar-refractivity contribution in [3.63, 3.8) is 0 Å². The molecule has 0 aromatic heterocycles. The summed E-state index contributed by atoms with van der Waals surface area (Å²) in [6.45, 7) is 9.37. The molecule has 1 aromatic carbocycles. The Labute approximate surface area is 139 Å². The van der Waals surface area contributed by atoms with Crippen LogP contribution in [0.4, 0.5) is 0 Å². The molecule has 1 amide bonds. The van der Waals surface area contributed by atoms with E-state index >= 15 is 0 Å². The Morgan fingerprint density at radius 1 is 1.09 bits per heavy atom. The molecular weight excluding hydrogens is 286 g/mol. The highest BCUT2D eigenvalue weighted by molar-refractivity contribution is 6.03. The van der Waals surface area contributed by atoms with Crippen molar-refractivity contribution in [2.45, 2.75) is 52.4 Å². The molecule has 3 rings (SSSR count). The number of hydrogen-bond donors (Lipinski definition) is 0. The minimum Gasteiger partial charge on any atom is -0.342 e. The zero-order valence-electron chi connectivity index (χ0n) is 14.7. The van der Waals surface area contributed by atoms with E-state index in [2.05, 4.69) is 0 Å². The van der Waals surface area contributed by atoms with Gasteiger partial charge in [0.15, 0.2) is 5.78 Å². The van der Waals surface area contributed by atoms with E-state index in [0.29, 0.717) is 12.8 Å². The summed E-state index contributed by atoms with van der Waals surface area (Å²) in [6.07, 6.45) is 1.89. The summed E-state index contributed by atoms with van der Waals surface area (Å²) >= 11 is 0. The van der Waals surface area contributed by atoms with Gasteiger partial charge in [0.05, 0.1) is 5.41 Å². The van der Waals surface area contributed by atoms with E-state index in [1.54, 1.807) is 0 Å². The van der Waals surface area contributed by atoms with E-state index in [1.807, 2.05) is 62.9 Å². The first kappa shape index (κ1) is 17.5. The lowest BCUT2D eigenvalue weighted by atomic mass is 9.62. The van der Waals surface area contributed by atoms with Crippen molar-refractivity contribution in [3.8, 4) is 0 Å². The third-order valence-electron chi connectivity index (χ3n) is 5.05. The summed E-state index contributed by atoms with van der Waals surface area (Å²) in [7, 11) is 0. The minimum atomic E-state index is -0.604. The number of nitrogens with zero attached hydrogens (tertiary/aromatic N) is 1. The number of likely N-dealkylation sites (N-methyl/N-ethyl adjacent to an activating group) is 1. The summed E-state index contributed by atoms with van der Waals surface area (Å²) in [4.78, 5) is 27.2. The summed E-state index contributed by atoms with van der Waals surface area (Å²) in [5.41, 5.74) is 2.30. The van der Waals surface area contributed by atoms with Crippen molar-refractivity contribution < 1.29 is 9.59 Å². The third kappa shape index (κ3) is 2.73. The maximum atomic E-state index is 13.1. The van der Waals surface area contributed by atoms with Gasteiger partial charge in [-0.1, -0.05) is 44.2 Å². The molecule has 3 heteroatoms. The zero-order valence-corrected chi connectivity index (χ0v) is 14.7. The predicted octanol–water partition coefficient (Wildman–Crippen LogP) is 3.88. The fraction of sp³-hybridized carbons (Fsp3) is 0.500. The van der Waals surface area contributed by atoms with Crippen LogP contribution >= 0.6 is 0 Å². The standard InChI is InChI=1S/C18H21NO2.C2H6/c1-3-19-12-10-15-13(2)16(20)9-11-18(15,17(19)21)14-7-5-4-6-8-14;1-2/h4-8H,3,9-12H2,1-2H3;1-2H3. The van der Waals surface area contributed by atoms with E-state index in [-0.39, 0.29) is 11.7 Å². The molecule has 0 radical (unpaired) electrons. The molecule has 1 aromatic rings. The van der Waals surface area contributed by atoms with Gasteiger partial charge in [0, 0.05) is 19.5 Å². The number of benzene rings is 1. The van der Waals surface area contributed by atoms with Crippen LogP contribution in [0.2, 0.25) is 0 Å². The van der Waals surface area contributed by atoms with E-state index in [1.165, 1.54) is 0 Å². The molecule has 23 heavy (non-hydrogen) atoms. The second-order valence-corrected chi connectivity index (χ2v) is 5.93. The highest BCUT2D eigenvalue weighted by Gasteiger charge is 2.51. The van der Waals surface area contributed by atoms with Crippen LogP contribution in [0.15, 0.2) is 41.5 Å². The number of amides is 1. The average molecular weight is 313 g/mol. The van der Waals surface area contributed by atoms with Gasteiger partial charge in [-0.25, -0.2) is 0 Å². The van der Waals surface area contributed by atoms with E-state index in [9.17, 15) is 9.59 Å². The molecule has 1 unspecified atom stereocenters. The predicted molar refractivity (Wildman–Crippen MR) is 93.3 cm³/mol. The average Bonchev–Trinajstić information content (AvgIpc) is 2.61. The van der Waals surface area contributed by atoms with Crippen LogP contribution in [-0.4, -0.2) is 29.7 Å². The largest absolute Gasteiger partial charge is 0.342 e. The highest BCUT2D eigenvalue weighted by Crippen LogP contribution is 2.47. The lowest BCUT2D eigenvalue weighted by Crippen LogP contribution is -2.54. The normalized spacial score (nSPS) is 24.1. The summed E-state index contributed by atoms with van der Waals surface area (Å²) in [5.74, 6) is 0.374. The van der Waals surface area contributed by atoms with Gasteiger partial charge in [-0.05, 0) is 43.4 Å². The van der Waals surface area contributed by atoms with Crippen LogP contribution in [0.1, 0.15) is 52.5 Å². The van der Waals surface area contributed by atoms with Gasteiger partial charge in [0.25, 0.3) is 0 Å². The van der Waals surface area contributed by atoms with Crippen LogP contribution < -0.4 is 0 Å². The molecule has 0 bridgehead atoms. The zero-order chi connectivity index (χ0) is 17.0. The number of piperidine rings is 1. The molecule has 1 atom stereocenters. The van der Waals surface area contributed by atoms with E-state index in [4.69, 9.17) is 0 Å². The Hall–Kier alpha value is -1.90. The fourth-order valence-corrected chi connectivity index (χ4v) is 3.85. The topological polar surface area (TPSA) is 37.4 Å². The molecule has 1 saturated heterocycles. The van der Waals surface area contributed by atoms with Crippen molar-refractivity contribution in [3.05, 3.63) is 47.0 Å². The molecule has 0 N–H and O–H groups in total. The number of allylic oxidation sites excluding steroid dienone is 1. The Morgan fingerprint density at radius 2 is 1.74 bits per heavy atom. The van der Waals surface area contributed by atoms with Gasteiger partial charge in [-0.2, -0.15) is 0 Å². The first-order chi connectivity index (χ1) is 11.1. The van der Waals surface area contributed by atoms with Gasteiger partial charge in [0.1, 0.15) is 0 Å². The number of hydrogen-bond acceptors (Lipinski definition) is 2. The lowest BCUT2D eigenvalue weighted by molar-refractivity contribution is -0.138. The highest BCUT2D eigenvalue weighted by atomic mass is 16.2. The number of carbonyl (C=O) groups excluding carboxylic acids is 2. The van der Waals surface area contributed by atoms with Crippen LogP contribution in [-0.2, 0) is 15.0 Å². The molecule has 0 spiro atoms. The smallest absolute Gasteiger partial charge is 0.237 e. The number of likely N-dealkylation sites (tertiary alicyclic amines) is 1. The molecular formula is C20H27NO2. The summed E-state index contributed by atoms with van der Waals surface area (Å²) in [5, 5.41) is 0. The maximum Gasteiger partial charge on any atom is 0.237 e. The second-order valence-electron chi connectivity index (χ2n) is 5.93. The van der Waals surface area contributed by atoms with Crippen LogP contribution in [0, 0.1) is 0 Å². The minimum absolute atomic E-state index is 0.171. The van der Waals surface area contributed by atoms with Gasteiger partial charge in [-0.3, -0.25) is 9.59 Å². The van der Waals surface area contributed by atoms with E-state index in [0.717, 1.165) is 36.2 Å². The summed E-state index contributed by atoms with van der Waals surface area (Å²) < 4.78 is 0. The summed E-state index contributed by atoms with van der Waals surface area (Å²) in [6, 6.07) is 9.98. The van der Waals surface area contributed by atoms with Crippen molar-refractivity contribution in [1.82, 2.24) is 4.90 Å². The van der Waals surface area contributed by atoms with Crippen LogP contribution in [0.3, 0.4) is 0 Å². The van der Waals surface area contributed by atoms with Crippen molar-refractivity contribution in [2.24, 2.45) is 0 Å². The molecule has 124 valence electrons. The first-order valence-electron chi connectivity index (χ1n) is 8.69. The van der Waals surface area contributed by atoms with Crippen molar-refractivity contribution in [2.75, 3.05) is 13.1 Å². The SMILES string of the molecule is CC.CCN1CCC2=C(C)C(=O)CCC2(c2ccccc2)C1=O. The monoisotopic (exact) mass is 313 g/mol. The Morgan fingerprint density at radius 3 is 2.35 bits per heavy atom. The van der Waals surface area contributed by atoms with Gasteiger partial charge in [0.2, 0.25) is 5.91 Å². The van der Waals surface area contributed by atoms with Crippen LogP contribution in [0.25, 0.3) is 0 Å². The molecule has 1 aliphatic carbocycles. The Kier molecular flexibility index (Phi) is 5.40. The van der Waals surface area contributed by atoms with Crippen molar-refractivity contribution in [1.29, 1.82) is 0 Å². The number of Topliss-reactive ketones (excluding diaryl/α,β-unsaturated/α-hetero) is 1. The number of fused-ring (bicyclic) bond motifs is 1. The first-order valence-corrected chi connectivity index (χ1v) is 8.69. The van der Waals surface area contributed by atoms with Crippen LogP contribution in [0.5, 0.6) is 0 Å². The Balaban J connectivity index is 0.000000924. The van der Waals surface area contributed by atoms with Crippen molar-refractivity contribution >= 4 is 11.7 Å². The third-order valence-corrected chi connectivity index (χ3v) is 5.05. The fourth-order valence-electron chi connectivity index (χ4n) is 3.85. The molecule has 0 saturated carbocycles. The maximum absolute atomic E-state index is 13.1. The van der Waals surface area contributed by atoms with Gasteiger partial charge < -0.3 is 4.90 Å². The number of rotatable bonds is 2. The Bertz CT molecular complexity index is 618. The molecule has 1 heterocycles. The molecule has 1 aliphatic heterocycles. The molecule has 3 nitrogen and oxygen atoms in total. The van der Waals surface area contributed by atoms with E-state index < -0.39 is 5.41 Å². The number of ketones is 1. The van der Waals surface area contributed by atoms with Gasteiger partial charge in [-0.15, -0.1) is 0 Å². The van der Waals surface area contributed by atoms with Gasteiger partial charge >= 0.3 is 0 Å². The molecule has 2 aliphatic rings. The molecule has 1 fully saturated rings.